The first-order valence-electron chi connectivity index (χ1n) is 8.22. The van der Waals surface area contributed by atoms with Crippen LogP contribution in [-0.4, -0.2) is 35.2 Å². The van der Waals surface area contributed by atoms with E-state index in [9.17, 15) is 5.11 Å². The zero-order valence-electron chi connectivity index (χ0n) is 13.6. The Hall–Kier alpha value is -1.06. The third-order valence-corrected chi connectivity index (χ3v) is 4.52. The Morgan fingerprint density at radius 2 is 1.86 bits per heavy atom. The first-order chi connectivity index (χ1) is 10.1. The van der Waals surface area contributed by atoms with E-state index in [0.717, 1.165) is 30.8 Å². The van der Waals surface area contributed by atoms with Crippen molar-refractivity contribution in [3.05, 3.63) is 29.8 Å². The molecule has 0 aliphatic carbocycles. The van der Waals surface area contributed by atoms with Crippen molar-refractivity contribution >= 4 is 0 Å². The van der Waals surface area contributed by atoms with Crippen LogP contribution in [0.1, 0.15) is 58.1 Å². The number of ether oxygens (including phenoxy) is 1. The number of aliphatic hydroxyl groups is 1. The molecule has 0 amide bonds. The van der Waals surface area contributed by atoms with E-state index in [1.807, 2.05) is 24.3 Å². The standard InChI is InChI=1S/C18H29NO2/c1-4-14-21-16-11-7-6-10-15(16)17(20)18(2,3)19-12-8-5-9-13-19/h6-7,10-11,17,20H,4-5,8-9,12-14H2,1-3H3. The molecule has 0 aromatic heterocycles. The van der Waals surface area contributed by atoms with Gasteiger partial charge in [-0.1, -0.05) is 31.5 Å². The maximum atomic E-state index is 11.0. The number of rotatable bonds is 6. The molecular weight excluding hydrogens is 262 g/mol. The molecule has 3 nitrogen and oxygen atoms in total. The van der Waals surface area contributed by atoms with Crippen molar-refractivity contribution in [2.24, 2.45) is 0 Å². The summed E-state index contributed by atoms with van der Waals surface area (Å²) in [5, 5.41) is 11.0. The quantitative estimate of drug-likeness (QED) is 0.866. The second kappa shape index (κ2) is 7.28. The predicted molar refractivity (Wildman–Crippen MR) is 86.7 cm³/mol. The van der Waals surface area contributed by atoms with Crippen LogP contribution < -0.4 is 4.74 Å². The highest BCUT2D eigenvalue weighted by molar-refractivity contribution is 5.36. The molecule has 1 aliphatic rings. The number of nitrogens with zero attached hydrogens (tertiary/aromatic N) is 1. The third kappa shape index (κ3) is 3.78. The molecule has 0 bridgehead atoms. The van der Waals surface area contributed by atoms with Gasteiger partial charge in [0.25, 0.3) is 0 Å². The Labute approximate surface area is 128 Å². The van der Waals surface area contributed by atoms with E-state index in [-0.39, 0.29) is 5.54 Å². The average molecular weight is 291 g/mol. The van der Waals surface area contributed by atoms with Crippen molar-refractivity contribution < 1.29 is 9.84 Å². The highest BCUT2D eigenvalue weighted by Crippen LogP contribution is 2.37. The van der Waals surface area contributed by atoms with Gasteiger partial charge in [-0.15, -0.1) is 0 Å². The fraction of sp³-hybridized carbons (Fsp3) is 0.667. The van der Waals surface area contributed by atoms with E-state index >= 15 is 0 Å². The summed E-state index contributed by atoms with van der Waals surface area (Å²) < 4.78 is 5.81. The molecule has 118 valence electrons. The number of aliphatic hydroxyl groups excluding tert-OH is 1. The van der Waals surface area contributed by atoms with Crippen LogP contribution in [-0.2, 0) is 0 Å². The monoisotopic (exact) mass is 291 g/mol. The summed E-state index contributed by atoms with van der Waals surface area (Å²) in [5.74, 6) is 0.817. The zero-order chi connectivity index (χ0) is 15.3. The first-order valence-corrected chi connectivity index (χ1v) is 8.22. The third-order valence-electron chi connectivity index (χ3n) is 4.52. The summed E-state index contributed by atoms with van der Waals surface area (Å²) >= 11 is 0. The topological polar surface area (TPSA) is 32.7 Å². The second-order valence-corrected chi connectivity index (χ2v) is 6.49. The lowest BCUT2D eigenvalue weighted by Crippen LogP contribution is -2.50. The predicted octanol–water partition coefficient (Wildman–Crippen LogP) is 3.77. The van der Waals surface area contributed by atoms with Crippen LogP contribution in [0.4, 0.5) is 0 Å². The van der Waals surface area contributed by atoms with Gasteiger partial charge < -0.3 is 9.84 Å². The van der Waals surface area contributed by atoms with Crippen molar-refractivity contribution in [3.63, 3.8) is 0 Å². The van der Waals surface area contributed by atoms with E-state index < -0.39 is 6.10 Å². The van der Waals surface area contributed by atoms with Crippen molar-refractivity contribution in [1.29, 1.82) is 0 Å². The lowest BCUT2D eigenvalue weighted by Gasteiger charge is -2.44. The number of likely N-dealkylation sites (tertiary alicyclic amines) is 1. The number of piperidine rings is 1. The summed E-state index contributed by atoms with van der Waals surface area (Å²) in [6.45, 7) is 9.20. The fourth-order valence-electron chi connectivity index (χ4n) is 3.07. The number of para-hydroxylation sites is 1. The molecule has 21 heavy (non-hydrogen) atoms. The SMILES string of the molecule is CCCOc1ccccc1C(O)C(C)(C)N1CCCCC1. The number of hydrogen-bond acceptors (Lipinski definition) is 3. The zero-order valence-corrected chi connectivity index (χ0v) is 13.6. The molecule has 1 aromatic rings. The van der Waals surface area contributed by atoms with E-state index in [0.29, 0.717) is 6.61 Å². The number of benzene rings is 1. The van der Waals surface area contributed by atoms with Crippen molar-refractivity contribution in [2.45, 2.75) is 58.1 Å². The summed E-state index contributed by atoms with van der Waals surface area (Å²) in [7, 11) is 0. The lowest BCUT2D eigenvalue weighted by atomic mass is 9.87. The van der Waals surface area contributed by atoms with Crippen LogP contribution in [0.3, 0.4) is 0 Å². The first kappa shape index (κ1) is 16.3. The second-order valence-electron chi connectivity index (χ2n) is 6.49. The van der Waals surface area contributed by atoms with E-state index in [1.54, 1.807) is 0 Å². The highest BCUT2D eigenvalue weighted by Gasteiger charge is 2.37. The molecule has 0 radical (unpaired) electrons. The molecule has 1 aliphatic heterocycles. The molecule has 2 rings (SSSR count). The highest BCUT2D eigenvalue weighted by atomic mass is 16.5. The van der Waals surface area contributed by atoms with Gasteiger partial charge in [0.1, 0.15) is 11.9 Å². The fourth-order valence-corrected chi connectivity index (χ4v) is 3.07. The van der Waals surface area contributed by atoms with E-state index in [4.69, 9.17) is 4.74 Å². The average Bonchev–Trinajstić information content (AvgIpc) is 2.53. The summed E-state index contributed by atoms with van der Waals surface area (Å²) in [6.07, 6.45) is 4.19. The minimum Gasteiger partial charge on any atom is -0.493 e. The minimum atomic E-state index is -0.538. The Balaban J connectivity index is 2.19. The van der Waals surface area contributed by atoms with E-state index in [1.165, 1.54) is 19.3 Å². The van der Waals surface area contributed by atoms with Crippen LogP contribution >= 0.6 is 0 Å². The van der Waals surface area contributed by atoms with Gasteiger partial charge in [-0.3, -0.25) is 4.90 Å². The molecule has 0 saturated carbocycles. The van der Waals surface area contributed by atoms with Gasteiger partial charge >= 0.3 is 0 Å². The van der Waals surface area contributed by atoms with Gasteiger partial charge in [0.2, 0.25) is 0 Å². The van der Waals surface area contributed by atoms with Crippen LogP contribution in [0.15, 0.2) is 24.3 Å². The van der Waals surface area contributed by atoms with Crippen LogP contribution in [0.25, 0.3) is 0 Å². The molecule has 1 aromatic carbocycles. The molecule has 1 unspecified atom stereocenters. The molecule has 3 heteroatoms. The molecule has 1 fully saturated rings. The molecule has 1 atom stereocenters. The van der Waals surface area contributed by atoms with E-state index in [2.05, 4.69) is 25.7 Å². The summed E-state index contributed by atoms with van der Waals surface area (Å²) in [5.41, 5.74) is 0.632. The molecule has 1 heterocycles. The maximum Gasteiger partial charge on any atom is 0.125 e. The van der Waals surface area contributed by atoms with Crippen molar-refractivity contribution in [2.75, 3.05) is 19.7 Å². The van der Waals surface area contributed by atoms with Gasteiger partial charge in [-0.25, -0.2) is 0 Å². The molecular formula is C18H29NO2. The smallest absolute Gasteiger partial charge is 0.125 e. The Bertz CT molecular complexity index is 439. The van der Waals surface area contributed by atoms with Crippen molar-refractivity contribution in [3.8, 4) is 5.75 Å². The normalized spacial score (nSPS) is 18.5. The lowest BCUT2D eigenvalue weighted by molar-refractivity contribution is -0.0220. The maximum absolute atomic E-state index is 11.0. The molecule has 0 spiro atoms. The van der Waals surface area contributed by atoms with Crippen LogP contribution in [0, 0.1) is 0 Å². The van der Waals surface area contributed by atoms with Crippen molar-refractivity contribution in [1.82, 2.24) is 4.90 Å². The summed E-state index contributed by atoms with van der Waals surface area (Å²) in [4.78, 5) is 2.41. The Morgan fingerprint density at radius 1 is 1.19 bits per heavy atom. The minimum absolute atomic E-state index is 0.272. The van der Waals surface area contributed by atoms with Crippen LogP contribution in [0.2, 0.25) is 0 Å². The largest absolute Gasteiger partial charge is 0.493 e. The molecule has 1 saturated heterocycles. The van der Waals surface area contributed by atoms with Gasteiger partial charge in [-0.2, -0.15) is 0 Å². The van der Waals surface area contributed by atoms with Gasteiger partial charge in [0, 0.05) is 11.1 Å². The van der Waals surface area contributed by atoms with Crippen LogP contribution in [0.5, 0.6) is 5.75 Å². The Morgan fingerprint density at radius 3 is 2.52 bits per heavy atom. The summed E-state index contributed by atoms with van der Waals surface area (Å²) in [6, 6.07) is 7.89. The van der Waals surface area contributed by atoms with Gasteiger partial charge in [0.05, 0.1) is 6.61 Å². The molecule has 1 N–H and O–H groups in total. The van der Waals surface area contributed by atoms with Gasteiger partial charge in [-0.05, 0) is 52.3 Å². The number of hydrogen-bond donors (Lipinski definition) is 1. The Kier molecular flexibility index (Phi) is 5.65. The van der Waals surface area contributed by atoms with Gasteiger partial charge in [0.15, 0.2) is 0 Å².